The van der Waals surface area contributed by atoms with Crippen LogP contribution in [0.1, 0.15) is 88.7 Å². The number of amides is 2. The third-order valence-corrected chi connectivity index (χ3v) is 12.9. The van der Waals surface area contributed by atoms with Gasteiger partial charge in [-0.05, 0) is 82.3 Å². The minimum atomic E-state index is -1.08. The van der Waals surface area contributed by atoms with Gasteiger partial charge in [-0.2, -0.15) is 0 Å². The van der Waals surface area contributed by atoms with Crippen molar-refractivity contribution >= 4 is 56.9 Å². The molecule has 19 heteroatoms. The Morgan fingerprint density at radius 3 is 1.36 bits per heavy atom. The maximum Gasteiger partial charge on any atom is 1.00 e. The van der Waals surface area contributed by atoms with Crippen molar-refractivity contribution in [3.8, 4) is 22.3 Å². The zero-order valence-corrected chi connectivity index (χ0v) is 45.2. The van der Waals surface area contributed by atoms with Crippen LogP contribution >= 0.6 is 0 Å². The number of aliphatic carboxylic acids is 1. The number of esters is 1. The number of fused-ring (bicyclic) bond motifs is 2. The van der Waals surface area contributed by atoms with Gasteiger partial charge in [-0.25, -0.2) is 19.7 Å². The summed E-state index contributed by atoms with van der Waals surface area (Å²) < 4.78 is 7.62. The quantitative estimate of drug-likeness (QED) is 0.0441. The van der Waals surface area contributed by atoms with Gasteiger partial charge in [0.15, 0.2) is 11.4 Å². The van der Waals surface area contributed by atoms with Crippen LogP contribution in [0.3, 0.4) is 0 Å². The second kappa shape index (κ2) is 29.6. The van der Waals surface area contributed by atoms with Crippen molar-refractivity contribution in [1.29, 1.82) is 0 Å². The average Bonchev–Trinajstić information content (AvgIpc) is 3.44. The number of methoxy groups -OCH3 is 1. The van der Waals surface area contributed by atoms with Gasteiger partial charge in [0.1, 0.15) is 12.1 Å². The molecule has 0 fully saturated rings. The van der Waals surface area contributed by atoms with Crippen molar-refractivity contribution in [3.63, 3.8) is 0 Å². The minimum absolute atomic E-state index is 0. The van der Waals surface area contributed by atoms with Gasteiger partial charge in [0.2, 0.25) is 11.8 Å². The Hall–Kier alpha value is -9.02. The minimum Gasteiger partial charge on any atom is -0.870 e. The standard InChI is InChI=1S/C31H30N4O4.C30H28N4O4.Li.2H2O/c1-20(2)16-28(35-19-33-26-15-8-6-13-24(26)31(35)38)30(37)34-27(18-29(36)39-4)22-11-9-10-21(17-22)23-12-5-7-14-25(23)32-3;1-19(2)15-27(34-18-32-25-14-7-5-12-23(25)30(34)38)29(37)33-26(17-28(35)36)21-10-8-9-20(16-21)22-11-4-6-13-24(22)31-3;;;/h5-15,17,19-20,27-28H,16,18H2,1-2,4H3,(H,34,37);4-14,16,18-19,26-27H,15,17H2,1-2H3,(H,33,37)(H,35,36);;2*1H2/q;;+1;;/p-1/t27-,28-;26-,27-;;;/m00.../s1. The Bertz CT molecular complexity index is 3680. The van der Waals surface area contributed by atoms with Crippen LogP contribution in [-0.4, -0.2) is 66.0 Å². The number of ether oxygens (including phenoxy) is 1. The number of para-hydroxylation sites is 4. The molecule has 0 aliphatic carbocycles. The first kappa shape index (κ1) is 63.5. The Labute approximate surface area is 474 Å². The summed E-state index contributed by atoms with van der Waals surface area (Å²) in [5.74, 6) is -2.24. The first-order valence-corrected chi connectivity index (χ1v) is 25.0. The molecule has 4 atom stereocenters. The van der Waals surface area contributed by atoms with Crippen molar-refractivity contribution in [2.75, 3.05) is 7.11 Å². The summed E-state index contributed by atoms with van der Waals surface area (Å²) in [6.45, 7) is 22.8. The number of carboxylic acid groups (broad SMARTS) is 1. The van der Waals surface area contributed by atoms with Gasteiger partial charge >= 0.3 is 30.8 Å². The molecule has 8 aromatic rings. The second-order valence-electron chi connectivity index (χ2n) is 19.2. The smallest absolute Gasteiger partial charge is 0.870 e. The van der Waals surface area contributed by atoms with Crippen LogP contribution in [0.25, 0.3) is 53.7 Å². The van der Waals surface area contributed by atoms with E-state index in [2.05, 4.69) is 30.3 Å². The Kier molecular flexibility index (Phi) is 23.5. The van der Waals surface area contributed by atoms with Gasteiger partial charge in [0.25, 0.3) is 11.1 Å². The van der Waals surface area contributed by atoms with E-state index in [-0.39, 0.29) is 65.6 Å². The van der Waals surface area contributed by atoms with E-state index in [0.29, 0.717) is 57.1 Å². The molecule has 2 heterocycles. The number of aromatic nitrogens is 4. The van der Waals surface area contributed by atoms with Crippen LogP contribution in [0.15, 0.2) is 168 Å². The Morgan fingerprint density at radius 2 is 0.975 bits per heavy atom. The molecule has 80 heavy (non-hydrogen) atoms. The van der Waals surface area contributed by atoms with Gasteiger partial charge in [-0.15, -0.1) is 0 Å². The van der Waals surface area contributed by atoms with Crippen LogP contribution in [0.5, 0.6) is 0 Å². The number of carbonyl (C=O) groups is 4. The summed E-state index contributed by atoms with van der Waals surface area (Å²) >= 11 is 0. The summed E-state index contributed by atoms with van der Waals surface area (Å²) in [6, 6.07) is 39.7. The Balaban J connectivity index is 0.000000332. The number of rotatable bonds is 18. The molecule has 6 aromatic carbocycles. The van der Waals surface area contributed by atoms with Crippen molar-refractivity contribution in [3.05, 3.63) is 213 Å². The van der Waals surface area contributed by atoms with E-state index in [9.17, 15) is 33.9 Å². The van der Waals surface area contributed by atoms with Gasteiger partial charge in [0, 0.05) is 0 Å². The van der Waals surface area contributed by atoms with Crippen LogP contribution in [-0.2, 0) is 23.9 Å². The summed E-state index contributed by atoms with van der Waals surface area (Å²) in [5.41, 5.74) is 5.72. The summed E-state index contributed by atoms with van der Waals surface area (Å²) in [5, 5.41) is 16.4. The van der Waals surface area contributed by atoms with Gasteiger partial charge in [-0.1, -0.05) is 149 Å². The number of hydrogen-bond acceptors (Lipinski definition) is 10. The Morgan fingerprint density at radius 1 is 0.588 bits per heavy atom. The molecular weight excluding hydrogens is 1010 g/mol. The molecule has 6 N–H and O–H groups in total. The molecule has 18 nitrogen and oxygen atoms in total. The third kappa shape index (κ3) is 15.6. The largest absolute Gasteiger partial charge is 1.00 e. The van der Waals surface area contributed by atoms with Crippen molar-refractivity contribution in [1.82, 2.24) is 29.7 Å². The summed E-state index contributed by atoms with van der Waals surface area (Å²) in [7, 11) is 1.30. The van der Waals surface area contributed by atoms with Crippen molar-refractivity contribution in [2.45, 2.75) is 77.5 Å². The molecule has 406 valence electrons. The van der Waals surface area contributed by atoms with E-state index < -0.39 is 47.9 Å². The van der Waals surface area contributed by atoms with E-state index in [1.165, 1.54) is 28.9 Å². The van der Waals surface area contributed by atoms with Crippen LogP contribution < -0.4 is 40.6 Å². The van der Waals surface area contributed by atoms with Crippen LogP contribution in [0, 0.1) is 25.0 Å². The predicted octanol–water partition coefficient (Wildman–Crippen LogP) is 7.16. The van der Waals surface area contributed by atoms with E-state index in [4.69, 9.17) is 17.9 Å². The van der Waals surface area contributed by atoms with Crippen LogP contribution in [0.2, 0.25) is 0 Å². The van der Waals surface area contributed by atoms with E-state index in [1.54, 1.807) is 91.0 Å². The fraction of sp³-hybridized carbons (Fsp3) is 0.246. The molecule has 8 rings (SSSR count). The van der Waals surface area contributed by atoms with Crippen molar-refractivity contribution in [2.24, 2.45) is 11.8 Å². The molecule has 0 spiro atoms. The zero-order chi connectivity index (χ0) is 55.2. The topological polar surface area (TPSA) is 262 Å². The number of carboxylic acids is 1. The number of benzene rings is 6. The maximum atomic E-state index is 13.8. The average molecular weight is 1070 g/mol. The molecule has 0 unspecified atom stereocenters. The first-order chi connectivity index (χ1) is 37.1. The van der Waals surface area contributed by atoms with Gasteiger partial charge in [-0.3, -0.25) is 37.9 Å². The predicted molar refractivity (Wildman–Crippen MR) is 301 cm³/mol. The molecule has 0 bridgehead atoms. The van der Waals surface area contributed by atoms with E-state index in [0.717, 1.165) is 22.3 Å². The number of nitrogens with one attached hydrogen (secondary N) is 2. The second-order valence-corrected chi connectivity index (χ2v) is 19.2. The SMILES string of the molecule is O.[C-]#[N+]c1ccccc1-c1cccc([C@H](CC(=O)O)NC(=O)[C@H](CC(C)C)n2cnc3ccccc3c2=O)c1.[C-]#[N+]c1ccccc1-c1cccc([C@H](CC(=O)OC)NC(=O)[C@H](CC(C)C)n2cnc3ccccc3c2=O)c1.[Li+].[OH-]. The maximum absolute atomic E-state index is 13.8. The third-order valence-electron chi connectivity index (χ3n) is 12.9. The first-order valence-electron chi connectivity index (χ1n) is 25.0. The molecule has 0 aliphatic heterocycles. The fourth-order valence-electron chi connectivity index (χ4n) is 9.14. The number of nitrogens with zero attached hydrogens (tertiary/aromatic N) is 6. The number of carbonyl (C=O) groups excluding carboxylic acids is 3. The molecular formula is C61H61LiN8O10. The normalized spacial score (nSPS) is 12.1. The molecule has 2 amide bonds. The zero-order valence-electron chi connectivity index (χ0n) is 45.2. The molecule has 0 saturated heterocycles. The van der Waals surface area contributed by atoms with E-state index in [1.807, 2.05) is 82.3 Å². The van der Waals surface area contributed by atoms with E-state index >= 15 is 0 Å². The fourth-order valence-corrected chi connectivity index (χ4v) is 9.14. The number of hydrogen-bond donors (Lipinski definition) is 3. The molecule has 0 saturated carbocycles. The molecule has 2 aromatic heterocycles. The molecule has 0 aliphatic rings. The van der Waals surface area contributed by atoms with Crippen molar-refractivity contribution < 1.29 is 58.8 Å². The van der Waals surface area contributed by atoms with Gasteiger partial charge < -0.3 is 31.4 Å². The molecule has 0 radical (unpaired) electrons. The van der Waals surface area contributed by atoms with Gasteiger partial charge in [0.05, 0.1) is 79.6 Å². The summed E-state index contributed by atoms with van der Waals surface area (Å²) in [4.78, 5) is 94.2. The van der Waals surface area contributed by atoms with Crippen LogP contribution in [0.4, 0.5) is 11.4 Å². The monoisotopic (exact) mass is 1070 g/mol. The summed E-state index contributed by atoms with van der Waals surface area (Å²) in [6.07, 6.45) is 3.10.